The van der Waals surface area contributed by atoms with Gasteiger partial charge in [0.15, 0.2) is 0 Å². The molecule has 1 aliphatic heterocycles. The van der Waals surface area contributed by atoms with E-state index in [0.29, 0.717) is 0 Å². The molecule has 2 rings (SSSR count). The molecule has 15 heavy (non-hydrogen) atoms. The molecular formula is C13H18N2. The van der Waals surface area contributed by atoms with Gasteiger partial charge < -0.3 is 4.90 Å². The molecule has 0 radical (unpaired) electrons. The highest BCUT2D eigenvalue weighted by molar-refractivity contribution is 5.55. The van der Waals surface area contributed by atoms with Crippen molar-refractivity contribution in [3.8, 4) is 0 Å². The van der Waals surface area contributed by atoms with Crippen molar-refractivity contribution in [2.75, 3.05) is 18.0 Å². The second-order valence-corrected chi connectivity index (χ2v) is 4.38. The van der Waals surface area contributed by atoms with E-state index in [-0.39, 0.29) is 0 Å². The van der Waals surface area contributed by atoms with Crippen LogP contribution in [0.25, 0.3) is 6.08 Å². The third-order valence-corrected chi connectivity index (χ3v) is 3.05. The summed E-state index contributed by atoms with van der Waals surface area (Å²) in [6, 6.07) is 4.20. The Morgan fingerprint density at radius 2 is 2.33 bits per heavy atom. The lowest BCUT2D eigenvalue weighted by Gasteiger charge is -2.20. The molecule has 2 heterocycles. The summed E-state index contributed by atoms with van der Waals surface area (Å²) in [6.45, 7) is 10.4. The van der Waals surface area contributed by atoms with E-state index in [1.54, 1.807) is 6.08 Å². The van der Waals surface area contributed by atoms with Crippen LogP contribution in [0.2, 0.25) is 0 Å². The van der Waals surface area contributed by atoms with Crippen LogP contribution < -0.4 is 4.90 Å². The van der Waals surface area contributed by atoms with Crippen LogP contribution in [0.1, 0.15) is 24.7 Å². The predicted octanol–water partition coefficient (Wildman–Crippen LogP) is 2.88. The number of aromatic nitrogens is 1. The summed E-state index contributed by atoms with van der Waals surface area (Å²) in [5.41, 5.74) is 3.36. The fraction of sp³-hybridized carbons (Fsp3) is 0.462. The molecule has 0 amide bonds. The van der Waals surface area contributed by atoms with E-state index in [1.165, 1.54) is 12.1 Å². The molecule has 0 aliphatic carbocycles. The van der Waals surface area contributed by atoms with Crippen LogP contribution in [0, 0.1) is 12.8 Å². The first-order valence-corrected chi connectivity index (χ1v) is 5.55. The van der Waals surface area contributed by atoms with Crippen molar-refractivity contribution in [3.63, 3.8) is 0 Å². The van der Waals surface area contributed by atoms with Gasteiger partial charge in [-0.05, 0) is 37.5 Å². The quantitative estimate of drug-likeness (QED) is 0.733. The summed E-state index contributed by atoms with van der Waals surface area (Å²) in [5, 5.41) is 0. The molecule has 0 N–H and O–H groups in total. The van der Waals surface area contributed by atoms with Crippen LogP contribution in [0.4, 0.5) is 5.69 Å². The van der Waals surface area contributed by atoms with Crippen molar-refractivity contribution in [3.05, 3.63) is 30.1 Å². The Hall–Kier alpha value is -1.31. The Morgan fingerprint density at radius 3 is 2.87 bits per heavy atom. The minimum absolute atomic E-state index is 0.809. The van der Waals surface area contributed by atoms with E-state index in [9.17, 15) is 0 Å². The highest BCUT2D eigenvalue weighted by atomic mass is 15.2. The molecule has 0 saturated carbocycles. The van der Waals surface area contributed by atoms with Gasteiger partial charge in [-0.3, -0.25) is 4.98 Å². The average molecular weight is 202 g/mol. The molecular weight excluding hydrogens is 184 g/mol. The summed E-state index contributed by atoms with van der Waals surface area (Å²) >= 11 is 0. The number of hydrogen-bond acceptors (Lipinski definition) is 2. The first-order valence-electron chi connectivity index (χ1n) is 5.55. The van der Waals surface area contributed by atoms with Crippen molar-refractivity contribution < 1.29 is 0 Å². The third kappa shape index (κ3) is 2.04. The van der Waals surface area contributed by atoms with Crippen LogP contribution >= 0.6 is 0 Å². The fourth-order valence-electron chi connectivity index (χ4n) is 2.17. The highest BCUT2D eigenvalue weighted by Crippen LogP contribution is 2.25. The Balaban J connectivity index is 2.25. The fourth-order valence-corrected chi connectivity index (χ4v) is 2.17. The molecule has 2 nitrogen and oxygen atoms in total. The molecule has 0 aromatic carbocycles. The molecule has 80 valence electrons. The summed E-state index contributed by atoms with van der Waals surface area (Å²) in [6.07, 6.45) is 3.09. The van der Waals surface area contributed by atoms with E-state index in [0.717, 1.165) is 30.4 Å². The summed E-state index contributed by atoms with van der Waals surface area (Å²) in [7, 11) is 0. The zero-order valence-corrected chi connectivity index (χ0v) is 9.53. The Kier molecular flexibility index (Phi) is 2.76. The van der Waals surface area contributed by atoms with Crippen molar-refractivity contribution in [1.82, 2.24) is 4.98 Å². The zero-order valence-electron chi connectivity index (χ0n) is 9.53. The highest BCUT2D eigenvalue weighted by Gasteiger charge is 2.20. The third-order valence-electron chi connectivity index (χ3n) is 3.05. The standard InChI is InChI=1S/C13H18N2/c1-4-12-5-6-13(11(3)14-12)15-8-7-10(2)9-15/h4-6,10H,1,7-9H2,2-3H3. The summed E-state index contributed by atoms with van der Waals surface area (Å²) in [5.74, 6) is 0.809. The van der Waals surface area contributed by atoms with E-state index in [4.69, 9.17) is 0 Å². The number of aryl methyl sites for hydroxylation is 1. The van der Waals surface area contributed by atoms with E-state index < -0.39 is 0 Å². The number of nitrogens with zero attached hydrogens (tertiary/aromatic N) is 2. The van der Waals surface area contributed by atoms with Gasteiger partial charge in [0.05, 0.1) is 17.1 Å². The van der Waals surface area contributed by atoms with Crippen molar-refractivity contribution in [1.29, 1.82) is 0 Å². The molecule has 2 heteroatoms. The molecule has 1 saturated heterocycles. The van der Waals surface area contributed by atoms with Crippen LogP contribution in [0.5, 0.6) is 0 Å². The van der Waals surface area contributed by atoms with Crippen molar-refractivity contribution >= 4 is 11.8 Å². The van der Waals surface area contributed by atoms with Gasteiger partial charge >= 0.3 is 0 Å². The molecule has 1 aromatic rings. The second kappa shape index (κ2) is 4.05. The van der Waals surface area contributed by atoms with E-state index in [2.05, 4.69) is 36.4 Å². The van der Waals surface area contributed by atoms with Crippen LogP contribution in [0.15, 0.2) is 18.7 Å². The molecule has 0 bridgehead atoms. The minimum atomic E-state index is 0.809. The molecule has 1 fully saturated rings. The van der Waals surface area contributed by atoms with Crippen LogP contribution in [0.3, 0.4) is 0 Å². The lowest BCUT2D eigenvalue weighted by molar-refractivity contribution is 0.659. The van der Waals surface area contributed by atoms with Gasteiger partial charge in [0.25, 0.3) is 0 Å². The maximum atomic E-state index is 4.50. The Bertz CT molecular complexity index is 371. The number of hydrogen-bond donors (Lipinski definition) is 0. The van der Waals surface area contributed by atoms with Gasteiger partial charge in [-0.1, -0.05) is 13.5 Å². The molecule has 0 spiro atoms. The molecule has 1 aromatic heterocycles. The number of pyridine rings is 1. The lowest BCUT2D eigenvalue weighted by Crippen LogP contribution is -2.20. The van der Waals surface area contributed by atoms with Crippen molar-refractivity contribution in [2.45, 2.75) is 20.3 Å². The number of rotatable bonds is 2. The Labute approximate surface area is 91.6 Å². The smallest absolute Gasteiger partial charge is 0.0628 e. The molecule has 1 aliphatic rings. The summed E-state index contributed by atoms with van der Waals surface area (Å²) < 4.78 is 0. The molecule has 1 unspecified atom stereocenters. The molecule has 1 atom stereocenters. The lowest BCUT2D eigenvalue weighted by atomic mass is 10.2. The van der Waals surface area contributed by atoms with Gasteiger partial charge in [-0.15, -0.1) is 0 Å². The van der Waals surface area contributed by atoms with Gasteiger partial charge in [-0.2, -0.15) is 0 Å². The van der Waals surface area contributed by atoms with Crippen LogP contribution in [-0.4, -0.2) is 18.1 Å². The zero-order chi connectivity index (χ0) is 10.8. The second-order valence-electron chi connectivity index (χ2n) is 4.38. The predicted molar refractivity (Wildman–Crippen MR) is 65.1 cm³/mol. The van der Waals surface area contributed by atoms with E-state index in [1.807, 2.05) is 6.07 Å². The van der Waals surface area contributed by atoms with Crippen molar-refractivity contribution in [2.24, 2.45) is 5.92 Å². The minimum Gasteiger partial charge on any atom is -0.370 e. The van der Waals surface area contributed by atoms with Gasteiger partial charge in [0.2, 0.25) is 0 Å². The largest absolute Gasteiger partial charge is 0.370 e. The first kappa shape index (κ1) is 10.2. The normalized spacial score (nSPS) is 20.7. The first-order chi connectivity index (χ1) is 7.20. The monoisotopic (exact) mass is 202 g/mol. The van der Waals surface area contributed by atoms with Gasteiger partial charge in [-0.25, -0.2) is 0 Å². The van der Waals surface area contributed by atoms with E-state index >= 15 is 0 Å². The van der Waals surface area contributed by atoms with Crippen LogP contribution in [-0.2, 0) is 0 Å². The Morgan fingerprint density at radius 1 is 1.53 bits per heavy atom. The summed E-state index contributed by atoms with van der Waals surface area (Å²) in [4.78, 5) is 6.93. The average Bonchev–Trinajstić information content (AvgIpc) is 2.64. The topological polar surface area (TPSA) is 16.1 Å². The number of anilines is 1. The van der Waals surface area contributed by atoms with Gasteiger partial charge in [0.1, 0.15) is 0 Å². The maximum Gasteiger partial charge on any atom is 0.0628 e. The SMILES string of the molecule is C=Cc1ccc(N2CCC(C)C2)c(C)n1. The maximum absolute atomic E-state index is 4.50. The van der Waals surface area contributed by atoms with Gasteiger partial charge in [0, 0.05) is 13.1 Å².